The molecule has 0 aliphatic carbocycles. The van der Waals surface area contributed by atoms with Crippen molar-refractivity contribution in [3.8, 4) is 0 Å². The van der Waals surface area contributed by atoms with Gasteiger partial charge in [0, 0.05) is 12.2 Å². The molecular formula is C27H33ClN6O10S2. The molecule has 4 rings (SSSR count). The molecule has 1 unspecified atom stereocenters. The molecule has 2 heterocycles. The number of primary sulfonamides is 1. The number of fused-ring (bicyclic) bond motifs is 1. The first kappa shape index (κ1) is 35.1. The first-order valence-corrected chi connectivity index (χ1v) is 17.4. The van der Waals surface area contributed by atoms with E-state index in [1.165, 1.54) is 11.8 Å². The lowest BCUT2D eigenvalue weighted by Crippen LogP contribution is -2.53. The number of hydrogen-bond acceptors (Lipinski definition) is 10. The summed E-state index contributed by atoms with van der Waals surface area (Å²) in [4.78, 5) is 49.1. The van der Waals surface area contributed by atoms with Crippen molar-refractivity contribution in [1.82, 2.24) is 14.9 Å². The maximum absolute atomic E-state index is 12.8. The van der Waals surface area contributed by atoms with Crippen molar-refractivity contribution >= 4 is 66.8 Å². The molecule has 4 atom stereocenters. The van der Waals surface area contributed by atoms with Gasteiger partial charge in [-0.15, -0.1) is 0 Å². The molecule has 2 aliphatic heterocycles. The molecule has 2 aromatic carbocycles. The Morgan fingerprint density at radius 2 is 1.83 bits per heavy atom. The number of carboxylic acid groups (broad SMARTS) is 2. The molecule has 1 fully saturated rings. The summed E-state index contributed by atoms with van der Waals surface area (Å²) in [6, 6.07) is 5.54. The van der Waals surface area contributed by atoms with Crippen LogP contribution in [0.4, 0.5) is 11.4 Å². The summed E-state index contributed by atoms with van der Waals surface area (Å²) >= 11 is 5.98. The van der Waals surface area contributed by atoms with Gasteiger partial charge in [-0.1, -0.05) is 23.7 Å². The molecule has 19 heteroatoms. The molecule has 0 aromatic heterocycles. The Balaban J connectivity index is 1.31. The predicted octanol–water partition coefficient (Wildman–Crippen LogP) is 0.486. The van der Waals surface area contributed by atoms with Crippen LogP contribution in [0.25, 0.3) is 0 Å². The predicted molar refractivity (Wildman–Crippen MR) is 165 cm³/mol. The van der Waals surface area contributed by atoms with Crippen molar-refractivity contribution < 1.29 is 46.2 Å². The lowest BCUT2D eigenvalue weighted by atomic mass is 10.0. The van der Waals surface area contributed by atoms with Gasteiger partial charge in [-0.3, -0.25) is 19.7 Å². The van der Waals surface area contributed by atoms with E-state index < -0.39 is 77.9 Å². The number of benzene rings is 2. The summed E-state index contributed by atoms with van der Waals surface area (Å²) in [7, 11) is -8.51. The van der Waals surface area contributed by atoms with Gasteiger partial charge in [0.25, 0.3) is 0 Å². The second-order valence-corrected chi connectivity index (χ2v) is 14.6. The van der Waals surface area contributed by atoms with Gasteiger partial charge in [-0.25, -0.2) is 26.8 Å². The van der Waals surface area contributed by atoms with Crippen LogP contribution in [0.3, 0.4) is 0 Å². The fraction of sp³-hybridized carbons (Fsp3) is 0.407. The van der Waals surface area contributed by atoms with E-state index in [-0.39, 0.29) is 23.6 Å². The Kier molecular flexibility index (Phi) is 10.6. The molecular weight excluding hydrogens is 668 g/mol. The van der Waals surface area contributed by atoms with E-state index in [0.29, 0.717) is 31.5 Å². The smallest absolute Gasteiger partial charge is 0.326 e. The number of aryl methyl sites for hydroxylation is 1. The van der Waals surface area contributed by atoms with Crippen molar-refractivity contribution in [1.29, 1.82) is 0 Å². The molecule has 46 heavy (non-hydrogen) atoms. The first-order chi connectivity index (χ1) is 21.5. The number of nitrogens with zero attached hydrogens (tertiary/aromatic N) is 1. The van der Waals surface area contributed by atoms with E-state index in [4.69, 9.17) is 16.7 Å². The van der Waals surface area contributed by atoms with Crippen LogP contribution in [0.5, 0.6) is 0 Å². The molecule has 2 amide bonds. The SMILES string of the molecule is CC(N[C@@H](CCc1ccc(NC(=O)C[C@H]2Nc3cc(Cl)c(S(N)(=O)=O)cc3S(=O)(=O)N2)cc1)C(=O)O)C(=O)N1CCC[C@H]1C(=O)O. The normalized spacial score (nSPS) is 20.2. The molecule has 0 radical (unpaired) electrons. The van der Waals surface area contributed by atoms with Gasteiger partial charge in [0.15, 0.2) is 0 Å². The highest BCUT2D eigenvalue weighted by Crippen LogP contribution is 2.34. The van der Waals surface area contributed by atoms with Crippen LogP contribution in [0, 0.1) is 0 Å². The standard InChI is InChI=1S/C27H33ClN6O10S2/c1-14(25(36)34-10-2-3-20(34)27(39)40)30-18(26(37)38)9-6-15-4-7-16(8-5-15)31-24(35)13-23-32-19-11-17(28)21(45(29,41)42)12-22(19)46(43,44)33-23/h4-5,7-8,11-12,14,18,20,23,30,32-33H,2-3,6,9-10,13H2,1H3,(H,31,35)(H,37,38)(H,39,40)(H2,29,41,42)/t14?,18-,20-,23-/m0/s1. The Hall–Kier alpha value is -3.81. The zero-order valence-corrected chi connectivity index (χ0v) is 26.8. The number of hydrogen-bond donors (Lipinski definition) is 7. The molecule has 250 valence electrons. The van der Waals surface area contributed by atoms with Crippen molar-refractivity contribution in [2.24, 2.45) is 5.14 Å². The third-order valence-corrected chi connectivity index (χ3v) is 10.4. The summed E-state index contributed by atoms with van der Waals surface area (Å²) in [5.74, 6) is -3.29. The van der Waals surface area contributed by atoms with Gasteiger partial charge in [-0.05, 0) is 62.4 Å². The number of aliphatic carboxylic acids is 2. The van der Waals surface area contributed by atoms with E-state index in [2.05, 4.69) is 20.7 Å². The Labute approximate surface area is 269 Å². The van der Waals surface area contributed by atoms with Crippen LogP contribution in [0.2, 0.25) is 5.02 Å². The van der Waals surface area contributed by atoms with Gasteiger partial charge in [0.1, 0.15) is 21.9 Å². The summed E-state index contributed by atoms with van der Waals surface area (Å²) in [6.45, 7) is 1.79. The average molecular weight is 701 g/mol. The number of sulfonamides is 2. The van der Waals surface area contributed by atoms with Crippen molar-refractivity contribution in [3.63, 3.8) is 0 Å². The molecule has 2 aromatic rings. The van der Waals surface area contributed by atoms with Crippen LogP contribution in [-0.4, -0.2) is 86.5 Å². The Morgan fingerprint density at radius 1 is 1.15 bits per heavy atom. The van der Waals surface area contributed by atoms with Crippen molar-refractivity contribution in [2.45, 2.75) is 73.1 Å². The van der Waals surface area contributed by atoms with E-state index >= 15 is 0 Å². The zero-order chi connectivity index (χ0) is 34.0. The number of amides is 2. The van der Waals surface area contributed by atoms with E-state index in [1.54, 1.807) is 24.3 Å². The Bertz CT molecular complexity index is 1750. The molecule has 16 nitrogen and oxygen atoms in total. The summed E-state index contributed by atoms with van der Waals surface area (Å²) in [5.41, 5.74) is 1.12. The fourth-order valence-corrected chi connectivity index (χ4v) is 7.80. The van der Waals surface area contributed by atoms with Crippen molar-refractivity contribution in [2.75, 3.05) is 17.2 Å². The van der Waals surface area contributed by atoms with Crippen LogP contribution in [0.15, 0.2) is 46.2 Å². The number of carbonyl (C=O) groups is 4. The van der Waals surface area contributed by atoms with Crippen LogP contribution in [0.1, 0.15) is 38.2 Å². The minimum absolute atomic E-state index is 0.00767. The number of likely N-dealkylation sites (tertiary alicyclic amines) is 1. The average Bonchev–Trinajstić information content (AvgIpc) is 3.44. The lowest BCUT2D eigenvalue weighted by molar-refractivity contribution is -0.149. The number of rotatable bonds is 12. The maximum Gasteiger partial charge on any atom is 0.326 e. The molecule has 0 bridgehead atoms. The third kappa shape index (κ3) is 8.31. The summed E-state index contributed by atoms with van der Waals surface area (Å²) < 4.78 is 51.2. The topological polar surface area (TPSA) is 254 Å². The third-order valence-electron chi connectivity index (χ3n) is 7.55. The zero-order valence-electron chi connectivity index (χ0n) is 24.4. The number of anilines is 2. The molecule has 8 N–H and O–H groups in total. The highest BCUT2D eigenvalue weighted by Gasteiger charge is 2.37. The Morgan fingerprint density at radius 3 is 2.43 bits per heavy atom. The van der Waals surface area contributed by atoms with Gasteiger partial charge in [-0.2, -0.15) is 4.72 Å². The fourth-order valence-electron chi connectivity index (χ4n) is 5.30. The number of halogens is 1. The number of carbonyl (C=O) groups excluding carboxylic acids is 2. The maximum atomic E-state index is 12.8. The van der Waals surface area contributed by atoms with Crippen LogP contribution >= 0.6 is 11.6 Å². The second-order valence-electron chi connectivity index (χ2n) is 10.9. The van der Waals surface area contributed by atoms with E-state index in [0.717, 1.165) is 17.7 Å². The monoisotopic (exact) mass is 700 g/mol. The van der Waals surface area contributed by atoms with Crippen molar-refractivity contribution in [3.05, 3.63) is 47.0 Å². The molecule has 2 aliphatic rings. The molecule has 1 saturated heterocycles. The second kappa shape index (κ2) is 13.9. The minimum atomic E-state index is -4.29. The summed E-state index contributed by atoms with van der Waals surface area (Å²) in [5, 5.41) is 32.1. The van der Waals surface area contributed by atoms with Gasteiger partial charge >= 0.3 is 11.9 Å². The quantitative estimate of drug-likeness (QED) is 0.160. The van der Waals surface area contributed by atoms with Gasteiger partial charge in [0.2, 0.25) is 31.9 Å². The lowest BCUT2D eigenvalue weighted by Gasteiger charge is -2.28. The largest absolute Gasteiger partial charge is 0.480 e. The molecule has 0 spiro atoms. The van der Waals surface area contributed by atoms with Gasteiger partial charge < -0.3 is 25.7 Å². The number of nitrogens with one attached hydrogen (secondary N) is 4. The van der Waals surface area contributed by atoms with Crippen LogP contribution in [-0.2, 0) is 45.6 Å². The minimum Gasteiger partial charge on any atom is -0.480 e. The van der Waals surface area contributed by atoms with E-state index in [1.807, 2.05) is 0 Å². The first-order valence-electron chi connectivity index (χ1n) is 14.0. The highest BCUT2D eigenvalue weighted by molar-refractivity contribution is 7.90. The number of carboxylic acids is 2. The highest BCUT2D eigenvalue weighted by atomic mass is 35.5. The summed E-state index contributed by atoms with van der Waals surface area (Å²) in [6.07, 6.45) is -0.0900. The van der Waals surface area contributed by atoms with E-state index in [9.17, 15) is 46.2 Å². The molecule has 0 saturated carbocycles. The van der Waals surface area contributed by atoms with Gasteiger partial charge in [0.05, 0.1) is 29.3 Å². The van der Waals surface area contributed by atoms with Crippen LogP contribution < -0.4 is 25.8 Å². The number of nitrogens with two attached hydrogens (primary N) is 1.